The lowest BCUT2D eigenvalue weighted by Crippen LogP contribution is -2.48. The summed E-state index contributed by atoms with van der Waals surface area (Å²) >= 11 is 0. The SMILES string of the molecule is O=C(NCCCN1CCCC1)[C@@H](Cc1ccccc1)N1Cc2ccccc2C1=O. The smallest absolute Gasteiger partial charge is 0.255 e. The van der Waals surface area contributed by atoms with Crippen molar-refractivity contribution in [2.24, 2.45) is 0 Å². The standard InChI is InChI=1S/C24H29N3O2/c28-23(25-13-8-16-26-14-6-7-15-26)22(17-19-9-2-1-3-10-19)27-18-20-11-4-5-12-21(20)24(27)29/h1-5,9-12,22H,6-8,13-18H2,(H,25,28)/t22-/m1/s1. The van der Waals surface area contributed by atoms with Crippen LogP contribution in [0.4, 0.5) is 0 Å². The van der Waals surface area contributed by atoms with Crippen molar-refractivity contribution in [2.75, 3.05) is 26.2 Å². The average molecular weight is 392 g/mol. The first-order chi connectivity index (χ1) is 14.2. The Morgan fingerprint density at radius 2 is 1.72 bits per heavy atom. The fourth-order valence-electron chi connectivity index (χ4n) is 4.35. The minimum absolute atomic E-state index is 0.0475. The first kappa shape index (κ1) is 19.6. The van der Waals surface area contributed by atoms with E-state index in [4.69, 9.17) is 0 Å². The third-order valence-corrected chi connectivity index (χ3v) is 5.95. The lowest BCUT2D eigenvalue weighted by Gasteiger charge is -2.27. The molecular formula is C24H29N3O2. The molecule has 1 N–H and O–H groups in total. The van der Waals surface area contributed by atoms with Crippen molar-refractivity contribution in [3.05, 3.63) is 71.3 Å². The van der Waals surface area contributed by atoms with Crippen LogP contribution in [0.2, 0.25) is 0 Å². The Labute approximate surface area is 172 Å². The van der Waals surface area contributed by atoms with Crippen LogP contribution in [0, 0.1) is 0 Å². The first-order valence-electron chi connectivity index (χ1n) is 10.7. The molecule has 0 radical (unpaired) electrons. The summed E-state index contributed by atoms with van der Waals surface area (Å²) in [6, 6.07) is 17.1. The zero-order valence-corrected chi connectivity index (χ0v) is 16.8. The van der Waals surface area contributed by atoms with Crippen LogP contribution in [0.15, 0.2) is 54.6 Å². The minimum atomic E-state index is -0.496. The number of carbonyl (C=O) groups is 2. The molecule has 152 valence electrons. The highest BCUT2D eigenvalue weighted by atomic mass is 16.2. The third kappa shape index (κ3) is 4.67. The van der Waals surface area contributed by atoms with Gasteiger partial charge in [-0.05, 0) is 56.1 Å². The van der Waals surface area contributed by atoms with Crippen LogP contribution in [0.1, 0.15) is 40.7 Å². The molecule has 2 aliphatic heterocycles. The van der Waals surface area contributed by atoms with Crippen LogP contribution in [0.3, 0.4) is 0 Å². The maximum atomic E-state index is 13.1. The molecule has 2 aromatic carbocycles. The second kappa shape index (κ2) is 9.23. The quantitative estimate of drug-likeness (QED) is 0.704. The van der Waals surface area contributed by atoms with Crippen molar-refractivity contribution in [2.45, 2.75) is 38.3 Å². The molecule has 5 heteroatoms. The van der Waals surface area contributed by atoms with Gasteiger partial charge in [-0.15, -0.1) is 0 Å². The van der Waals surface area contributed by atoms with E-state index in [-0.39, 0.29) is 11.8 Å². The Kier molecular flexibility index (Phi) is 6.25. The number of carbonyl (C=O) groups excluding carboxylic acids is 2. The number of rotatable bonds is 8. The van der Waals surface area contributed by atoms with Gasteiger partial charge in [0.2, 0.25) is 5.91 Å². The molecule has 1 saturated heterocycles. The number of nitrogens with one attached hydrogen (secondary N) is 1. The summed E-state index contributed by atoms with van der Waals surface area (Å²) < 4.78 is 0. The molecule has 0 spiro atoms. The predicted octanol–water partition coefficient (Wildman–Crippen LogP) is 2.86. The maximum absolute atomic E-state index is 13.1. The van der Waals surface area contributed by atoms with Crippen LogP contribution < -0.4 is 5.32 Å². The molecule has 0 saturated carbocycles. The molecule has 29 heavy (non-hydrogen) atoms. The average Bonchev–Trinajstić information content (AvgIpc) is 3.38. The molecule has 2 amide bonds. The molecule has 2 aromatic rings. The van der Waals surface area contributed by atoms with Gasteiger partial charge < -0.3 is 15.1 Å². The molecule has 5 nitrogen and oxygen atoms in total. The van der Waals surface area contributed by atoms with Gasteiger partial charge in [-0.2, -0.15) is 0 Å². The van der Waals surface area contributed by atoms with E-state index in [1.54, 1.807) is 4.90 Å². The van der Waals surface area contributed by atoms with E-state index in [0.29, 0.717) is 25.1 Å². The van der Waals surface area contributed by atoms with Gasteiger partial charge in [0.05, 0.1) is 0 Å². The highest BCUT2D eigenvalue weighted by Gasteiger charge is 2.36. The molecule has 0 unspecified atom stereocenters. The number of benzene rings is 2. The Hall–Kier alpha value is -2.66. The van der Waals surface area contributed by atoms with Crippen molar-refractivity contribution in [1.82, 2.24) is 15.1 Å². The van der Waals surface area contributed by atoms with Gasteiger partial charge in [0.25, 0.3) is 5.91 Å². The molecule has 0 aliphatic carbocycles. The van der Waals surface area contributed by atoms with Crippen molar-refractivity contribution in [3.8, 4) is 0 Å². The van der Waals surface area contributed by atoms with Gasteiger partial charge in [-0.3, -0.25) is 9.59 Å². The van der Waals surface area contributed by atoms with Gasteiger partial charge in [-0.25, -0.2) is 0 Å². The fraction of sp³-hybridized carbons (Fsp3) is 0.417. The molecule has 0 aromatic heterocycles. The summed E-state index contributed by atoms with van der Waals surface area (Å²) in [5.74, 6) is -0.106. The molecule has 0 bridgehead atoms. The Bertz CT molecular complexity index is 846. The van der Waals surface area contributed by atoms with Crippen molar-refractivity contribution < 1.29 is 9.59 Å². The molecule has 1 fully saturated rings. The van der Waals surface area contributed by atoms with Crippen LogP contribution in [0.5, 0.6) is 0 Å². The Morgan fingerprint density at radius 1 is 1.00 bits per heavy atom. The summed E-state index contributed by atoms with van der Waals surface area (Å²) in [5.41, 5.74) is 2.78. The van der Waals surface area contributed by atoms with Gasteiger partial charge in [0.15, 0.2) is 0 Å². The van der Waals surface area contributed by atoms with E-state index >= 15 is 0 Å². The summed E-state index contributed by atoms with van der Waals surface area (Å²) in [6.07, 6.45) is 4.03. The molecular weight excluding hydrogens is 362 g/mol. The van der Waals surface area contributed by atoms with E-state index in [1.165, 1.54) is 25.9 Å². The largest absolute Gasteiger partial charge is 0.354 e. The highest BCUT2D eigenvalue weighted by molar-refractivity contribution is 6.01. The van der Waals surface area contributed by atoms with Gasteiger partial charge in [0.1, 0.15) is 6.04 Å². The van der Waals surface area contributed by atoms with Crippen molar-refractivity contribution >= 4 is 11.8 Å². The normalized spacial score (nSPS) is 17.4. The number of hydrogen-bond acceptors (Lipinski definition) is 3. The Morgan fingerprint density at radius 3 is 2.48 bits per heavy atom. The number of nitrogens with zero attached hydrogens (tertiary/aromatic N) is 2. The topological polar surface area (TPSA) is 52.7 Å². The lowest BCUT2D eigenvalue weighted by molar-refractivity contribution is -0.125. The summed E-state index contributed by atoms with van der Waals surface area (Å²) in [7, 11) is 0. The zero-order chi connectivity index (χ0) is 20.1. The van der Waals surface area contributed by atoms with Crippen LogP contribution in [-0.4, -0.2) is 53.8 Å². The summed E-state index contributed by atoms with van der Waals surface area (Å²) in [6.45, 7) is 4.51. The number of hydrogen-bond donors (Lipinski definition) is 1. The summed E-state index contributed by atoms with van der Waals surface area (Å²) in [5, 5.41) is 3.09. The monoisotopic (exact) mass is 391 g/mol. The maximum Gasteiger partial charge on any atom is 0.255 e. The van der Waals surface area contributed by atoms with E-state index in [9.17, 15) is 9.59 Å². The van der Waals surface area contributed by atoms with Crippen LogP contribution in [0.25, 0.3) is 0 Å². The number of fused-ring (bicyclic) bond motifs is 1. The van der Waals surface area contributed by atoms with Gasteiger partial charge in [0, 0.05) is 25.1 Å². The molecule has 2 aliphatic rings. The second-order valence-corrected chi connectivity index (χ2v) is 7.99. The van der Waals surface area contributed by atoms with E-state index in [2.05, 4.69) is 10.2 Å². The zero-order valence-electron chi connectivity index (χ0n) is 16.8. The highest BCUT2D eigenvalue weighted by Crippen LogP contribution is 2.26. The third-order valence-electron chi connectivity index (χ3n) is 5.95. The second-order valence-electron chi connectivity index (χ2n) is 7.99. The fourth-order valence-corrected chi connectivity index (χ4v) is 4.35. The minimum Gasteiger partial charge on any atom is -0.354 e. The number of likely N-dealkylation sites (tertiary alicyclic amines) is 1. The summed E-state index contributed by atoms with van der Waals surface area (Å²) in [4.78, 5) is 30.3. The number of amides is 2. The molecule has 4 rings (SSSR count). The molecule has 2 heterocycles. The van der Waals surface area contributed by atoms with Crippen LogP contribution >= 0.6 is 0 Å². The first-order valence-corrected chi connectivity index (χ1v) is 10.7. The predicted molar refractivity (Wildman–Crippen MR) is 114 cm³/mol. The van der Waals surface area contributed by atoms with E-state index in [1.807, 2.05) is 54.6 Å². The van der Waals surface area contributed by atoms with Crippen molar-refractivity contribution in [1.29, 1.82) is 0 Å². The van der Waals surface area contributed by atoms with E-state index in [0.717, 1.165) is 24.1 Å². The van der Waals surface area contributed by atoms with Crippen molar-refractivity contribution in [3.63, 3.8) is 0 Å². The van der Waals surface area contributed by atoms with Gasteiger partial charge >= 0.3 is 0 Å². The Balaban J connectivity index is 1.42. The van der Waals surface area contributed by atoms with E-state index < -0.39 is 6.04 Å². The van der Waals surface area contributed by atoms with Gasteiger partial charge in [-0.1, -0.05) is 48.5 Å². The van der Waals surface area contributed by atoms with Crippen LogP contribution in [-0.2, 0) is 17.8 Å². The lowest BCUT2D eigenvalue weighted by atomic mass is 10.0. The molecule has 1 atom stereocenters.